The summed E-state index contributed by atoms with van der Waals surface area (Å²) in [5.41, 5.74) is 0.931. The average Bonchev–Trinajstić information content (AvgIpc) is 2.69. The standard InChI is InChI=1S/C23H21F4N3O2S/c24-19-6-1-4-15(13-30-8-3-9-30)18(19)12-28-17-10-20(25)23(21(26)11-17)33(31,32)14-16-5-2-7-22(27)29-16/h1-2,4-7,10-11,28H,3,8-9,12-14H2. The second-order valence-electron chi connectivity index (χ2n) is 7.84. The molecular formula is C23H21F4N3O2S. The van der Waals surface area contributed by atoms with E-state index in [-0.39, 0.29) is 17.9 Å². The van der Waals surface area contributed by atoms with Crippen molar-refractivity contribution in [3.63, 3.8) is 0 Å². The number of rotatable bonds is 8. The van der Waals surface area contributed by atoms with Gasteiger partial charge in [-0.1, -0.05) is 18.2 Å². The lowest BCUT2D eigenvalue weighted by Crippen LogP contribution is -2.36. The predicted octanol–water partition coefficient (Wildman–Crippen LogP) is 4.43. The Morgan fingerprint density at radius 3 is 2.27 bits per heavy atom. The van der Waals surface area contributed by atoms with Gasteiger partial charge in [0.25, 0.3) is 0 Å². The maximum atomic E-state index is 14.7. The molecule has 0 bridgehead atoms. The van der Waals surface area contributed by atoms with Crippen LogP contribution >= 0.6 is 0 Å². The number of anilines is 1. The summed E-state index contributed by atoms with van der Waals surface area (Å²) in [6, 6.07) is 9.94. The first-order valence-electron chi connectivity index (χ1n) is 10.3. The molecule has 5 nitrogen and oxygen atoms in total. The summed E-state index contributed by atoms with van der Waals surface area (Å²) in [4.78, 5) is 4.46. The van der Waals surface area contributed by atoms with Crippen molar-refractivity contribution < 1.29 is 26.0 Å². The molecule has 1 N–H and O–H groups in total. The van der Waals surface area contributed by atoms with Crippen molar-refractivity contribution in [1.82, 2.24) is 9.88 Å². The van der Waals surface area contributed by atoms with Gasteiger partial charge >= 0.3 is 0 Å². The number of sulfone groups is 1. The third-order valence-corrected chi connectivity index (χ3v) is 7.14. The van der Waals surface area contributed by atoms with E-state index in [0.29, 0.717) is 12.1 Å². The van der Waals surface area contributed by atoms with E-state index in [1.165, 1.54) is 18.2 Å². The van der Waals surface area contributed by atoms with Gasteiger partial charge in [0.2, 0.25) is 5.95 Å². The average molecular weight is 479 g/mol. The first kappa shape index (κ1) is 23.2. The van der Waals surface area contributed by atoms with E-state index in [9.17, 15) is 26.0 Å². The van der Waals surface area contributed by atoms with E-state index in [1.807, 2.05) is 0 Å². The fourth-order valence-electron chi connectivity index (χ4n) is 3.68. The minimum Gasteiger partial charge on any atom is -0.381 e. The zero-order valence-corrected chi connectivity index (χ0v) is 18.3. The summed E-state index contributed by atoms with van der Waals surface area (Å²) >= 11 is 0. The minimum absolute atomic E-state index is 0.0337. The molecule has 1 saturated heterocycles. The fraction of sp³-hybridized carbons (Fsp3) is 0.261. The Morgan fingerprint density at radius 2 is 1.64 bits per heavy atom. The SMILES string of the molecule is O=S(=O)(Cc1cccc(F)n1)c1c(F)cc(NCc2c(F)cccc2CN2CCC2)cc1F. The summed E-state index contributed by atoms with van der Waals surface area (Å²) in [5.74, 6) is -4.81. The van der Waals surface area contributed by atoms with Crippen LogP contribution in [0.25, 0.3) is 0 Å². The highest BCUT2D eigenvalue weighted by atomic mass is 32.2. The zero-order chi connectivity index (χ0) is 23.6. The van der Waals surface area contributed by atoms with Crippen LogP contribution < -0.4 is 5.32 Å². The van der Waals surface area contributed by atoms with Crippen molar-refractivity contribution in [2.24, 2.45) is 0 Å². The van der Waals surface area contributed by atoms with Crippen LogP contribution in [0.15, 0.2) is 53.4 Å². The molecule has 1 fully saturated rings. The molecule has 0 aliphatic carbocycles. The molecule has 0 atom stereocenters. The lowest BCUT2D eigenvalue weighted by atomic mass is 10.0. The van der Waals surface area contributed by atoms with Gasteiger partial charge in [-0.3, -0.25) is 4.90 Å². The van der Waals surface area contributed by atoms with Crippen molar-refractivity contribution in [1.29, 1.82) is 0 Å². The number of hydrogen-bond donors (Lipinski definition) is 1. The molecule has 174 valence electrons. The molecule has 1 aromatic heterocycles. The molecule has 2 aromatic carbocycles. The molecule has 0 radical (unpaired) electrons. The smallest absolute Gasteiger partial charge is 0.213 e. The van der Waals surface area contributed by atoms with Crippen LogP contribution in [0.2, 0.25) is 0 Å². The Bertz CT molecular complexity index is 1260. The van der Waals surface area contributed by atoms with Crippen LogP contribution in [-0.4, -0.2) is 31.4 Å². The van der Waals surface area contributed by atoms with E-state index in [2.05, 4.69) is 15.2 Å². The molecule has 0 spiro atoms. The van der Waals surface area contributed by atoms with Crippen molar-refractivity contribution >= 4 is 15.5 Å². The Labute approximate surface area is 189 Å². The molecule has 1 aliphatic heterocycles. The lowest BCUT2D eigenvalue weighted by molar-refractivity contribution is 0.172. The molecule has 0 saturated carbocycles. The molecule has 2 heterocycles. The summed E-state index contributed by atoms with van der Waals surface area (Å²) in [6.45, 7) is 2.40. The third-order valence-electron chi connectivity index (χ3n) is 5.45. The number of nitrogens with one attached hydrogen (secondary N) is 1. The summed E-state index contributed by atoms with van der Waals surface area (Å²) in [6.07, 6.45) is 1.09. The number of pyridine rings is 1. The Morgan fingerprint density at radius 1 is 0.939 bits per heavy atom. The van der Waals surface area contributed by atoms with E-state index in [0.717, 1.165) is 43.3 Å². The van der Waals surface area contributed by atoms with E-state index in [1.54, 1.807) is 12.1 Å². The van der Waals surface area contributed by atoms with Crippen molar-refractivity contribution in [2.45, 2.75) is 30.2 Å². The molecule has 4 rings (SSSR count). The van der Waals surface area contributed by atoms with Crippen LogP contribution in [0.5, 0.6) is 0 Å². The molecule has 1 aliphatic rings. The highest BCUT2D eigenvalue weighted by molar-refractivity contribution is 7.90. The number of halogens is 4. The predicted molar refractivity (Wildman–Crippen MR) is 115 cm³/mol. The largest absolute Gasteiger partial charge is 0.381 e. The number of nitrogens with zero attached hydrogens (tertiary/aromatic N) is 2. The topological polar surface area (TPSA) is 62.3 Å². The lowest BCUT2D eigenvalue weighted by Gasteiger charge is -2.31. The second-order valence-corrected chi connectivity index (χ2v) is 9.77. The van der Waals surface area contributed by atoms with Crippen molar-refractivity contribution in [3.8, 4) is 0 Å². The molecule has 3 aromatic rings. The fourth-order valence-corrected chi connectivity index (χ4v) is 5.08. The molecular weight excluding hydrogens is 458 g/mol. The summed E-state index contributed by atoms with van der Waals surface area (Å²) in [7, 11) is -4.47. The highest BCUT2D eigenvalue weighted by Crippen LogP contribution is 2.27. The highest BCUT2D eigenvalue weighted by Gasteiger charge is 2.26. The van der Waals surface area contributed by atoms with Crippen LogP contribution in [0.4, 0.5) is 23.2 Å². The second kappa shape index (κ2) is 9.48. The number of hydrogen-bond acceptors (Lipinski definition) is 5. The van der Waals surface area contributed by atoms with Gasteiger partial charge in [0, 0.05) is 24.3 Å². The first-order valence-corrected chi connectivity index (χ1v) is 11.9. The van der Waals surface area contributed by atoms with Gasteiger partial charge in [0.15, 0.2) is 9.84 Å². The van der Waals surface area contributed by atoms with Crippen LogP contribution in [0.1, 0.15) is 23.2 Å². The minimum atomic E-state index is -4.47. The summed E-state index contributed by atoms with van der Waals surface area (Å²) < 4.78 is 82.1. The van der Waals surface area contributed by atoms with Crippen LogP contribution in [-0.2, 0) is 28.7 Å². The van der Waals surface area contributed by atoms with Crippen LogP contribution in [0.3, 0.4) is 0 Å². The van der Waals surface area contributed by atoms with Gasteiger partial charge in [-0.2, -0.15) is 4.39 Å². The van der Waals surface area contributed by atoms with Crippen molar-refractivity contribution in [3.05, 3.63) is 88.8 Å². The van der Waals surface area contributed by atoms with E-state index < -0.39 is 43.9 Å². The molecule has 0 unspecified atom stereocenters. The van der Waals surface area contributed by atoms with Crippen LogP contribution in [0, 0.1) is 23.4 Å². The van der Waals surface area contributed by atoms with Crippen molar-refractivity contribution in [2.75, 3.05) is 18.4 Å². The quantitative estimate of drug-likeness (QED) is 0.383. The molecule has 0 amide bonds. The van der Waals surface area contributed by atoms with Gasteiger partial charge in [0.1, 0.15) is 22.3 Å². The number of benzene rings is 2. The maximum Gasteiger partial charge on any atom is 0.213 e. The monoisotopic (exact) mass is 479 g/mol. The Kier molecular flexibility index (Phi) is 6.66. The molecule has 10 heteroatoms. The third kappa shape index (κ3) is 5.33. The zero-order valence-electron chi connectivity index (χ0n) is 17.5. The number of likely N-dealkylation sites (tertiary alicyclic amines) is 1. The number of aromatic nitrogens is 1. The van der Waals surface area contributed by atoms with Gasteiger partial charge in [0.05, 0.1) is 11.4 Å². The normalized spacial score (nSPS) is 14.2. The Hall–Kier alpha value is -2.98. The first-order chi connectivity index (χ1) is 15.7. The van der Waals surface area contributed by atoms with E-state index in [4.69, 9.17) is 0 Å². The van der Waals surface area contributed by atoms with E-state index >= 15 is 0 Å². The summed E-state index contributed by atoms with van der Waals surface area (Å²) in [5, 5.41) is 2.77. The Balaban J connectivity index is 1.53. The van der Waals surface area contributed by atoms with Gasteiger partial charge in [-0.15, -0.1) is 0 Å². The van der Waals surface area contributed by atoms with Gasteiger partial charge in [-0.05, 0) is 55.4 Å². The maximum absolute atomic E-state index is 14.7. The molecule has 33 heavy (non-hydrogen) atoms. The van der Waals surface area contributed by atoms with Gasteiger partial charge in [-0.25, -0.2) is 26.6 Å². The van der Waals surface area contributed by atoms with Gasteiger partial charge < -0.3 is 5.32 Å².